The van der Waals surface area contributed by atoms with Gasteiger partial charge in [0, 0.05) is 44.3 Å². The average molecular weight is 652 g/mol. The van der Waals surface area contributed by atoms with E-state index in [-0.39, 0.29) is 42.5 Å². The van der Waals surface area contributed by atoms with Gasteiger partial charge in [-0.1, -0.05) is 19.1 Å². The molecule has 1 aliphatic rings. The van der Waals surface area contributed by atoms with Crippen molar-refractivity contribution in [1.29, 1.82) is 0 Å². The van der Waals surface area contributed by atoms with E-state index in [0.29, 0.717) is 31.9 Å². The highest BCUT2D eigenvalue weighted by molar-refractivity contribution is 5.99. The fourth-order valence-corrected chi connectivity index (χ4v) is 5.36. The van der Waals surface area contributed by atoms with E-state index in [1.54, 1.807) is 25.0 Å². The Kier molecular flexibility index (Phi) is 14.1. The minimum Gasteiger partial charge on any atom is -0.497 e. The van der Waals surface area contributed by atoms with Crippen LogP contribution in [0.1, 0.15) is 68.8 Å². The summed E-state index contributed by atoms with van der Waals surface area (Å²) < 4.78 is 55.8. The highest BCUT2D eigenvalue weighted by atomic mass is 19.4. The van der Waals surface area contributed by atoms with Crippen molar-refractivity contribution < 1.29 is 42.1 Å². The van der Waals surface area contributed by atoms with Crippen molar-refractivity contribution in [3.63, 3.8) is 0 Å². The van der Waals surface area contributed by atoms with E-state index >= 15 is 0 Å². The van der Waals surface area contributed by atoms with Gasteiger partial charge in [0.05, 0.1) is 44.0 Å². The number of ether oxygens (including phenoxy) is 3. The van der Waals surface area contributed by atoms with E-state index in [2.05, 4.69) is 10.2 Å². The normalized spacial score (nSPS) is 20.8. The first-order valence-corrected chi connectivity index (χ1v) is 15.8. The molecule has 2 N–H and O–H groups in total. The summed E-state index contributed by atoms with van der Waals surface area (Å²) in [6.07, 6.45) is -4.53. The Labute approximate surface area is 270 Å². The van der Waals surface area contributed by atoms with Crippen LogP contribution in [0.25, 0.3) is 0 Å². The van der Waals surface area contributed by atoms with Gasteiger partial charge in [-0.25, -0.2) is 0 Å². The van der Waals surface area contributed by atoms with Gasteiger partial charge in [-0.05, 0) is 76.1 Å². The molecule has 0 bridgehead atoms. The summed E-state index contributed by atoms with van der Waals surface area (Å²) >= 11 is 0. The van der Waals surface area contributed by atoms with Crippen LogP contribution in [0.3, 0.4) is 0 Å². The van der Waals surface area contributed by atoms with Gasteiger partial charge in [0.2, 0.25) is 5.91 Å². The number of fused-ring (bicyclic) bond motifs is 1. The van der Waals surface area contributed by atoms with E-state index in [1.165, 1.54) is 12.1 Å². The van der Waals surface area contributed by atoms with Crippen molar-refractivity contribution in [2.24, 2.45) is 5.92 Å². The molecular weight excluding hydrogens is 603 g/mol. The molecule has 2 aromatic rings. The lowest BCUT2D eigenvalue weighted by Crippen LogP contribution is -2.47. The zero-order valence-corrected chi connectivity index (χ0v) is 27.4. The van der Waals surface area contributed by atoms with Crippen molar-refractivity contribution in [2.75, 3.05) is 45.8 Å². The number of alkyl halides is 3. The summed E-state index contributed by atoms with van der Waals surface area (Å²) in [7, 11) is 3.65. The molecule has 256 valence electrons. The number of likely N-dealkylation sites (N-methyl/N-ethyl adjacent to an activating group) is 1. The monoisotopic (exact) mass is 651 g/mol. The number of carbonyl (C=O) groups is 2. The topological polar surface area (TPSA) is 101 Å². The molecule has 0 saturated heterocycles. The van der Waals surface area contributed by atoms with Gasteiger partial charge < -0.3 is 29.5 Å². The van der Waals surface area contributed by atoms with E-state index in [1.807, 2.05) is 45.2 Å². The molecule has 0 fully saturated rings. The maximum Gasteiger partial charge on any atom is 0.389 e. The molecular formula is C34H48F3N3O6. The zero-order valence-electron chi connectivity index (χ0n) is 27.4. The number of hydrogen-bond acceptors (Lipinski definition) is 7. The number of aliphatic hydroxyl groups excluding tert-OH is 1. The standard InChI is InChI=1S/C34H48F3N3O6/c1-23-19-40(24(2)22-41)33(43)29-18-27(38-32(42)15-16-34(35,36)37)11-14-30(29)46-25(3)8-6-7-17-45-31(23)21-39(4)20-26-9-12-28(44-5)13-10-26/h9-14,18,23-25,31,41H,6-8,15-17,19-22H2,1-5H3,(H,38,42)/t23-,24-,25+,31-/m0/s1. The Balaban J connectivity index is 1.87. The van der Waals surface area contributed by atoms with Crippen LogP contribution in [0.5, 0.6) is 11.5 Å². The van der Waals surface area contributed by atoms with E-state index in [4.69, 9.17) is 14.2 Å². The number of hydrogen-bond donors (Lipinski definition) is 2. The minimum absolute atomic E-state index is 0.132. The van der Waals surface area contributed by atoms with Gasteiger partial charge in [-0.2, -0.15) is 13.2 Å². The Morgan fingerprint density at radius 2 is 1.89 bits per heavy atom. The largest absolute Gasteiger partial charge is 0.497 e. The Hall–Kier alpha value is -3.35. The molecule has 0 aromatic heterocycles. The molecule has 46 heavy (non-hydrogen) atoms. The second-order valence-corrected chi connectivity index (χ2v) is 12.2. The van der Waals surface area contributed by atoms with Crippen molar-refractivity contribution >= 4 is 17.5 Å². The highest BCUT2D eigenvalue weighted by Gasteiger charge is 2.31. The number of carbonyl (C=O) groups excluding carboxylic acids is 2. The first-order chi connectivity index (χ1) is 21.8. The summed E-state index contributed by atoms with van der Waals surface area (Å²) in [6, 6.07) is 11.8. The van der Waals surface area contributed by atoms with Gasteiger partial charge in [0.1, 0.15) is 11.5 Å². The molecule has 0 radical (unpaired) electrons. The minimum atomic E-state index is -4.46. The van der Waals surface area contributed by atoms with E-state index in [9.17, 15) is 27.9 Å². The molecule has 1 heterocycles. The second kappa shape index (κ2) is 17.5. The summed E-state index contributed by atoms with van der Waals surface area (Å²) in [5.74, 6) is -0.280. The number of nitrogens with zero attached hydrogens (tertiary/aromatic N) is 2. The highest BCUT2D eigenvalue weighted by Crippen LogP contribution is 2.29. The molecule has 1 aliphatic heterocycles. The molecule has 9 nitrogen and oxygen atoms in total. The third-order valence-corrected chi connectivity index (χ3v) is 8.07. The zero-order chi connectivity index (χ0) is 33.9. The van der Waals surface area contributed by atoms with Crippen LogP contribution in [0, 0.1) is 5.92 Å². The SMILES string of the molecule is COc1ccc(CN(C)C[C@@H]2OCCCC[C@@H](C)Oc3ccc(NC(=O)CCC(F)(F)F)cc3C(=O)N([C@@H](C)CO)C[C@@H]2C)cc1. The first kappa shape index (κ1) is 37.1. The van der Waals surface area contributed by atoms with Crippen LogP contribution in [-0.4, -0.2) is 91.6 Å². The number of rotatable bonds is 10. The maximum absolute atomic E-state index is 14.2. The lowest BCUT2D eigenvalue weighted by atomic mass is 10.0. The molecule has 2 amide bonds. The Bertz CT molecular complexity index is 1260. The summed E-state index contributed by atoms with van der Waals surface area (Å²) in [6.45, 7) is 7.47. The van der Waals surface area contributed by atoms with Gasteiger partial charge in [-0.3, -0.25) is 14.5 Å². The summed E-state index contributed by atoms with van der Waals surface area (Å²) in [4.78, 5) is 30.2. The number of benzene rings is 2. The van der Waals surface area contributed by atoms with Gasteiger partial charge in [0.15, 0.2) is 0 Å². The number of aliphatic hydroxyl groups is 1. The number of amides is 2. The van der Waals surface area contributed by atoms with E-state index < -0.39 is 36.9 Å². The molecule has 2 aromatic carbocycles. The molecule has 3 rings (SSSR count). The Morgan fingerprint density at radius 3 is 2.54 bits per heavy atom. The van der Waals surface area contributed by atoms with Crippen molar-refractivity contribution in [3.05, 3.63) is 53.6 Å². The average Bonchev–Trinajstić information content (AvgIpc) is 3.01. The second-order valence-electron chi connectivity index (χ2n) is 12.2. The molecule has 12 heteroatoms. The third-order valence-electron chi connectivity index (χ3n) is 8.07. The van der Waals surface area contributed by atoms with Gasteiger partial charge in [-0.15, -0.1) is 0 Å². The number of anilines is 1. The number of halogens is 3. The van der Waals surface area contributed by atoms with E-state index in [0.717, 1.165) is 24.2 Å². The fraction of sp³-hybridized carbons (Fsp3) is 0.588. The quantitative estimate of drug-likeness (QED) is 0.330. The lowest BCUT2D eigenvalue weighted by molar-refractivity contribution is -0.142. The summed E-state index contributed by atoms with van der Waals surface area (Å²) in [5, 5.41) is 12.6. The number of nitrogens with one attached hydrogen (secondary N) is 1. The predicted molar refractivity (Wildman–Crippen MR) is 170 cm³/mol. The van der Waals surface area contributed by atoms with Crippen LogP contribution < -0.4 is 14.8 Å². The Morgan fingerprint density at radius 1 is 1.17 bits per heavy atom. The van der Waals surface area contributed by atoms with Gasteiger partial charge >= 0.3 is 6.18 Å². The van der Waals surface area contributed by atoms with Crippen LogP contribution >= 0.6 is 0 Å². The predicted octanol–water partition coefficient (Wildman–Crippen LogP) is 5.90. The maximum atomic E-state index is 14.2. The molecule has 4 atom stereocenters. The fourth-order valence-electron chi connectivity index (χ4n) is 5.36. The third kappa shape index (κ3) is 11.8. The molecule has 0 unspecified atom stereocenters. The first-order valence-electron chi connectivity index (χ1n) is 15.8. The van der Waals surface area contributed by atoms with Crippen molar-refractivity contribution in [1.82, 2.24) is 9.80 Å². The van der Waals surface area contributed by atoms with Crippen LogP contribution in [0.4, 0.5) is 18.9 Å². The van der Waals surface area contributed by atoms with Crippen molar-refractivity contribution in [3.8, 4) is 11.5 Å². The number of methoxy groups -OCH3 is 1. The van der Waals surface area contributed by atoms with Crippen LogP contribution in [-0.2, 0) is 16.1 Å². The smallest absolute Gasteiger partial charge is 0.389 e. The van der Waals surface area contributed by atoms with Crippen molar-refractivity contribution in [2.45, 2.75) is 83.8 Å². The summed E-state index contributed by atoms with van der Waals surface area (Å²) in [5.41, 5.74) is 1.45. The lowest BCUT2D eigenvalue weighted by Gasteiger charge is -2.36. The molecule has 0 spiro atoms. The molecule has 0 saturated carbocycles. The van der Waals surface area contributed by atoms with Crippen LogP contribution in [0.15, 0.2) is 42.5 Å². The van der Waals surface area contributed by atoms with Gasteiger partial charge in [0.25, 0.3) is 5.91 Å². The van der Waals surface area contributed by atoms with Crippen LogP contribution in [0.2, 0.25) is 0 Å². The molecule has 0 aliphatic carbocycles.